The number of anilines is 1. The summed E-state index contributed by atoms with van der Waals surface area (Å²) in [6.07, 6.45) is 0.391. The van der Waals surface area contributed by atoms with E-state index in [0.29, 0.717) is 13.0 Å². The molecule has 0 spiro atoms. The van der Waals surface area contributed by atoms with Crippen LogP contribution in [0.15, 0.2) is 24.3 Å². The fourth-order valence-corrected chi connectivity index (χ4v) is 1.31. The van der Waals surface area contributed by atoms with Gasteiger partial charge in [0.05, 0.1) is 13.0 Å². The van der Waals surface area contributed by atoms with Gasteiger partial charge < -0.3 is 10.1 Å². The molecule has 1 aromatic rings. The van der Waals surface area contributed by atoms with Crippen LogP contribution in [0.2, 0.25) is 0 Å². The van der Waals surface area contributed by atoms with Gasteiger partial charge in [-0.3, -0.25) is 4.79 Å². The van der Waals surface area contributed by atoms with Gasteiger partial charge in [-0.05, 0) is 46.9 Å². The number of halogens is 1. The Morgan fingerprint density at radius 2 is 2.07 bits per heavy atom. The highest BCUT2D eigenvalue weighted by Gasteiger charge is 2.00. The molecule has 3 nitrogen and oxygen atoms in total. The summed E-state index contributed by atoms with van der Waals surface area (Å²) in [4.78, 5) is 11.3. The number of ether oxygens (including phenoxy) is 1. The van der Waals surface area contributed by atoms with Gasteiger partial charge in [0.1, 0.15) is 0 Å². The van der Waals surface area contributed by atoms with Crippen molar-refractivity contribution in [3.05, 3.63) is 27.8 Å². The molecule has 1 N–H and O–H groups in total. The van der Waals surface area contributed by atoms with Crippen LogP contribution in [0.1, 0.15) is 6.42 Å². The number of amides is 1. The third-order valence-electron chi connectivity index (χ3n) is 1.66. The highest BCUT2D eigenvalue weighted by Crippen LogP contribution is 2.11. The molecule has 76 valence electrons. The minimum Gasteiger partial charge on any atom is -0.384 e. The molecule has 0 unspecified atom stereocenters. The van der Waals surface area contributed by atoms with Crippen LogP contribution in [0.4, 0.5) is 5.69 Å². The average molecular weight is 305 g/mol. The van der Waals surface area contributed by atoms with Crippen LogP contribution in [-0.4, -0.2) is 19.6 Å². The molecule has 0 atom stereocenters. The summed E-state index contributed by atoms with van der Waals surface area (Å²) in [6, 6.07) is 7.66. The smallest absolute Gasteiger partial charge is 0.226 e. The van der Waals surface area contributed by atoms with Gasteiger partial charge in [0.15, 0.2) is 0 Å². The van der Waals surface area contributed by atoms with Crippen LogP contribution in [-0.2, 0) is 9.53 Å². The van der Waals surface area contributed by atoms with Crippen molar-refractivity contribution in [1.29, 1.82) is 0 Å². The maximum absolute atomic E-state index is 11.3. The molecular formula is C10H12INO2. The Hall–Kier alpha value is -0.620. The molecule has 4 heteroatoms. The van der Waals surface area contributed by atoms with Crippen molar-refractivity contribution in [1.82, 2.24) is 0 Å². The molecule has 0 bridgehead atoms. The zero-order valence-corrected chi connectivity index (χ0v) is 10.1. The van der Waals surface area contributed by atoms with Crippen LogP contribution in [0.3, 0.4) is 0 Å². The lowest BCUT2D eigenvalue weighted by Gasteiger charge is -2.04. The maximum Gasteiger partial charge on any atom is 0.226 e. The van der Waals surface area contributed by atoms with Crippen molar-refractivity contribution in [3.8, 4) is 0 Å². The Balaban J connectivity index is 2.44. The van der Waals surface area contributed by atoms with Gasteiger partial charge in [-0.15, -0.1) is 0 Å². The second-order valence-corrected chi connectivity index (χ2v) is 4.04. The van der Waals surface area contributed by atoms with Gasteiger partial charge in [0, 0.05) is 16.4 Å². The quantitative estimate of drug-likeness (QED) is 0.867. The lowest BCUT2D eigenvalue weighted by molar-refractivity contribution is -0.117. The molecule has 0 aliphatic heterocycles. The van der Waals surface area contributed by atoms with Crippen molar-refractivity contribution >= 4 is 34.2 Å². The second-order valence-electron chi connectivity index (χ2n) is 2.80. The molecule has 1 amide bonds. The number of hydrogen-bond donors (Lipinski definition) is 1. The minimum absolute atomic E-state index is 0.0203. The molecule has 0 aliphatic rings. The molecule has 1 aromatic carbocycles. The van der Waals surface area contributed by atoms with Gasteiger partial charge in [-0.2, -0.15) is 0 Å². The van der Waals surface area contributed by atoms with Crippen LogP contribution >= 0.6 is 22.6 Å². The Kier molecular flexibility index (Phi) is 4.89. The highest BCUT2D eigenvalue weighted by molar-refractivity contribution is 14.1. The topological polar surface area (TPSA) is 38.3 Å². The predicted octanol–water partition coefficient (Wildman–Crippen LogP) is 2.27. The van der Waals surface area contributed by atoms with Crippen molar-refractivity contribution < 1.29 is 9.53 Å². The number of carbonyl (C=O) groups excluding carboxylic acids is 1. The number of carbonyl (C=O) groups is 1. The second kappa shape index (κ2) is 5.98. The highest BCUT2D eigenvalue weighted by atomic mass is 127. The van der Waals surface area contributed by atoms with Gasteiger partial charge in [0.2, 0.25) is 5.91 Å². The van der Waals surface area contributed by atoms with Crippen molar-refractivity contribution in [2.75, 3.05) is 19.0 Å². The number of methoxy groups -OCH3 is 1. The van der Waals surface area contributed by atoms with Crippen molar-refractivity contribution in [3.63, 3.8) is 0 Å². The normalized spacial score (nSPS) is 9.86. The summed E-state index contributed by atoms with van der Waals surface area (Å²) in [7, 11) is 1.58. The third-order valence-corrected chi connectivity index (χ3v) is 2.38. The van der Waals surface area contributed by atoms with E-state index < -0.39 is 0 Å². The fraction of sp³-hybridized carbons (Fsp3) is 0.300. The molecule has 14 heavy (non-hydrogen) atoms. The summed E-state index contributed by atoms with van der Waals surface area (Å²) >= 11 is 2.22. The van der Waals surface area contributed by atoms with E-state index in [-0.39, 0.29) is 5.91 Å². The molecule has 0 radical (unpaired) electrons. The van der Waals surface area contributed by atoms with Crippen molar-refractivity contribution in [2.45, 2.75) is 6.42 Å². The molecular weight excluding hydrogens is 293 g/mol. The molecule has 0 fully saturated rings. The summed E-state index contributed by atoms with van der Waals surface area (Å²) in [5.74, 6) is -0.0203. The number of hydrogen-bond acceptors (Lipinski definition) is 2. The third kappa shape index (κ3) is 4.06. The number of rotatable bonds is 4. The largest absolute Gasteiger partial charge is 0.384 e. The lowest BCUT2D eigenvalue weighted by atomic mass is 10.3. The number of nitrogens with one attached hydrogen (secondary N) is 1. The Morgan fingerprint density at radius 1 is 1.43 bits per heavy atom. The van der Waals surface area contributed by atoms with Crippen LogP contribution in [0.25, 0.3) is 0 Å². The standard InChI is InChI=1S/C10H12INO2/c1-14-7-6-10(13)12-9-4-2-8(11)3-5-9/h2-5H,6-7H2,1H3,(H,12,13). The molecule has 0 saturated heterocycles. The SMILES string of the molecule is COCCC(=O)Nc1ccc(I)cc1. The van der Waals surface area contributed by atoms with Crippen LogP contribution in [0.5, 0.6) is 0 Å². The summed E-state index contributed by atoms with van der Waals surface area (Å²) in [6.45, 7) is 0.455. The van der Waals surface area contributed by atoms with E-state index in [9.17, 15) is 4.79 Å². The maximum atomic E-state index is 11.3. The summed E-state index contributed by atoms with van der Waals surface area (Å²) < 4.78 is 5.96. The summed E-state index contributed by atoms with van der Waals surface area (Å²) in [5.41, 5.74) is 0.825. The molecule has 0 aliphatic carbocycles. The van der Waals surface area contributed by atoms with E-state index in [0.717, 1.165) is 9.26 Å². The Morgan fingerprint density at radius 3 is 2.64 bits per heavy atom. The van der Waals surface area contributed by atoms with E-state index in [2.05, 4.69) is 27.9 Å². The zero-order chi connectivity index (χ0) is 10.4. The van der Waals surface area contributed by atoms with Crippen LogP contribution < -0.4 is 5.32 Å². The first kappa shape index (κ1) is 11.5. The molecule has 0 heterocycles. The van der Waals surface area contributed by atoms with Gasteiger partial charge in [-0.25, -0.2) is 0 Å². The van der Waals surface area contributed by atoms with Gasteiger partial charge >= 0.3 is 0 Å². The molecule has 1 rings (SSSR count). The summed E-state index contributed by atoms with van der Waals surface area (Å²) in [5, 5.41) is 2.78. The van der Waals surface area contributed by atoms with Gasteiger partial charge in [0.25, 0.3) is 0 Å². The molecule has 0 aromatic heterocycles. The van der Waals surface area contributed by atoms with Crippen LogP contribution in [0, 0.1) is 3.57 Å². The monoisotopic (exact) mass is 305 g/mol. The predicted molar refractivity (Wildman–Crippen MR) is 64.3 cm³/mol. The zero-order valence-electron chi connectivity index (χ0n) is 7.92. The first-order chi connectivity index (χ1) is 6.72. The van der Waals surface area contributed by atoms with E-state index in [1.165, 1.54) is 0 Å². The molecule has 0 saturated carbocycles. The Bertz CT molecular complexity index is 297. The average Bonchev–Trinajstić information content (AvgIpc) is 2.18. The first-order valence-corrected chi connectivity index (χ1v) is 5.34. The van der Waals surface area contributed by atoms with Crippen molar-refractivity contribution in [2.24, 2.45) is 0 Å². The Labute approximate surface area is 97.0 Å². The van der Waals surface area contributed by atoms with E-state index in [1.807, 2.05) is 24.3 Å². The van der Waals surface area contributed by atoms with E-state index in [4.69, 9.17) is 4.74 Å². The minimum atomic E-state index is -0.0203. The first-order valence-electron chi connectivity index (χ1n) is 4.26. The van der Waals surface area contributed by atoms with E-state index >= 15 is 0 Å². The van der Waals surface area contributed by atoms with E-state index in [1.54, 1.807) is 7.11 Å². The fourth-order valence-electron chi connectivity index (χ4n) is 0.951. The number of benzene rings is 1. The van der Waals surface area contributed by atoms with Gasteiger partial charge in [-0.1, -0.05) is 0 Å². The lowest BCUT2D eigenvalue weighted by Crippen LogP contribution is -2.13.